The van der Waals surface area contributed by atoms with Crippen LogP contribution in [0.4, 0.5) is 19.1 Å². The fraction of sp³-hybridized carbons (Fsp3) is 0.545. The number of aryl methyl sites for hydroxylation is 1. The Labute approximate surface area is 102 Å². The van der Waals surface area contributed by atoms with Gasteiger partial charge in [0.2, 0.25) is 11.9 Å². The van der Waals surface area contributed by atoms with Crippen molar-refractivity contribution in [1.82, 2.24) is 9.97 Å². The number of nitrogens with one attached hydrogen (secondary N) is 1. The smallest absolute Gasteiger partial charge is 0.295 e. The maximum absolute atomic E-state index is 12.9. The Hall–Kier alpha value is -1.66. The van der Waals surface area contributed by atoms with Gasteiger partial charge >= 0.3 is 6.18 Å². The van der Waals surface area contributed by atoms with E-state index in [1.807, 2.05) is 0 Å². The molecule has 1 aliphatic carbocycles. The summed E-state index contributed by atoms with van der Waals surface area (Å²) in [6.45, 7) is 1.20. The zero-order valence-corrected chi connectivity index (χ0v) is 9.76. The molecule has 0 saturated carbocycles. The summed E-state index contributed by atoms with van der Waals surface area (Å²) in [7, 11) is 0. The molecule has 4 nitrogen and oxygen atoms in total. The number of aromatic nitrogens is 2. The van der Waals surface area contributed by atoms with Crippen molar-refractivity contribution in [3.63, 3.8) is 0 Å². The normalized spacial score (nSPS) is 15.1. The third-order valence-corrected chi connectivity index (χ3v) is 2.74. The molecule has 0 saturated heterocycles. The number of nitrogens with zero attached hydrogens (tertiary/aromatic N) is 2. The molecule has 1 amide bonds. The third kappa shape index (κ3) is 2.60. The van der Waals surface area contributed by atoms with E-state index < -0.39 is 17.8 Å². The number of carbonyl (C=O) groups is 1. The Morgan fingerprint density at radius 3 is 2.50 bits per heavy atom. The minimum Gasteiger partial charge on any atom is -0.295 e. The van der Waals surface area contributed by atoms with Gasteiger partial charge in [0, 0.05) is 18.2 Å². The monoisotopic (exact) mass is 259 g/mol. The van der Waals surface area contributed by atoms with Gasteiger partial charge in [0.15, 0.2) is 5.69 Å². The highest BCUT2D eigenvalue weighted by Gasteiger charge is 2.38. The highest BCUT2D eigenvalue weighted by molar-refractivity contribution is 5.86. The molecule has 2 rings (SSSR count). The van der Waals surface area contributed by atoms with Gasteiger partial charge in [-0.2, -0.15) is 13.2 Å². The van der Waals surface area contributed by atoms with Crippen LogP contribution in [-0.2, 0) is 23.8 Å². The lowest BCUT2D eigenvalue weighted by Gasteiger charge is -2.20. The molecule has 0 fully saturated rings. The van der Waals surface area contributed by atoms with Crippen LogP contribution >= 0.6 is 0 Å². The largest absolute Gasteiger partial charge is 0.433 e. The van der Waals surface area contributed by atoms with Gasteiger partial charge in [0.25, 0.3) is 0 Å². The Morgan fingerprint density at radius 2 is 1.89 bits per heavy atom. The average Bonchev–Trinajstić information content (AvgIpc) is 2.25. The quantitative estimate of drug-likeness (QED) is 0.842. The number of fused-ring (bicyclic) bond motifs is 1. The molecule has 1 aromatic rings. The molecule has 98 valence electrons. The van der Waals surface area contributed by atoms with Crippen LogP contribution in [0.25, 0.3) is 0 Å². The van der Waals surface area contributed by atoms with Crippen LogP contribution in [0.1, 0.15) is 36.7 Å². The summed E-state index contributed by atoms with van der Waals surface area (Å²) in [5.74, 6) is -0.755. The summed E-state index contributed by atoms with van der Waals surface area (Å²) in [6.07, 6.45) is -2.17. The number of alkyl halides is 3. The summed E-state index contributed by atoms with van der Waals surface area (Å²) in [6, 6.07) is 0. The highest BCUT2D eigenvalue weighted by atomic mass is 19.4. The number of hydrogen-bond donors (Lipinski definition) is 1. The van der Waals surface area contributed by atoms with E-state index in [2.05, 4.69) is 15.3 Å². The first kappa shape index (κ1) is 12.8. The third-order valence-electron chi connectivity index (χ3n) is 2.74. The van der Waals surface area contributed by atoms with Crippen molar-refractivity contribution < 1.29 is 18.0 Å². The first-order chi connectivity index (χ1) is 8.38. The van der Waals surface area contributed by atoms with Crippen molar-refractivity contribution in [1.29, 1.82) is 0 Å². The lowest BCUT2D eigenvalue weighted by molar-refractivity contribution is -0.142. The molecule has 0 radical (unpaired) electrons. The zero-order chi connectivity index (χ0) is 13.3. The van der Waals surface area contributed by atoms with Crippen LogP contribution in [-0.4, -0.2) is 15.9 Å². The molecular weight excluding hydrogens is 247 g/mol. The maximum Gasteiger partial charge on any atom is 0.433 e. The molecule has 0 spiro atoms. The summed E-state index contributed by atoms with van der Waals surface area (Å²) in [5, 5.41) is 2.21. The summed E-state index contributed by atoms with van der Waals surface area (Å²) in [5.41, 5.74) is -0.355. The minimum absolute atomic E-state index is 0.169. The lowest BCUT2D eigenvalue weighted by atomic mass is 9.94. The number of halogens is 3. The van der Waals surface area contributed by atoms with E-state index in [-0.39, 0.29) is 11.5 Å². The van der Waals surface area contributed by atoms with Crippen molar-refractivity contribution in [3.8, 4) is 0 Å². The van der Waals surface area contributed by atoms with Crippen LogP contribution in [0.2, 0.25) is 0 Å². The van der Waals surface area contributed by atoms with Gasteiger partial charge in [-0.1, -0.05) is 0 Å². The molecule has 0 aromatic carbocycles. The lowest BCUT2D eigenvalue weighted by Crippen LogP contribution is -2.21. The average molecular weight is 259 g/mol. The van der Waals surface area contributed by atoms with Gasteiger partial charge in [-0.15, -0.1) is 0 Å². The molecule has 1 aromatic heterocycles. The van der Waals surface area contributed by atoms with E-state index in [0.717, 1.165) is 6.42 Å². The fourth-order valence-electron chi connectivity index (χ4n) is 2.04. The summed E-state index contributed by atoms with van der Waals surface area (Å²) in [4.78, 5) is 18.3. The predicted octanol–water partition coefficient (Wildman–Crippen LogP) is 2.33. The van der Waals surface area contributed by atoms with Gasteiger partial charge in [0.1, 0.15) is 0 Å². The van der Waals surface area contributed by atoms with Crippen molar-refractivity contribution >= 4 is 11.9 Å². The van der Waals surface area contributed by atoms with Gasteiger partial charge < -0.3 is 0 Å². The number of anilines is 1. The highest BCUT2D eigenvalue weighted by Crippen LogP contribution is 2.35. The number of hydrogen-bond acceptors (Lipinski definition) is 3. The van der Waals surface area contributed by atoms with E-state index >= 15 is 0 Å². The van der Waals surface area contributed by atoms with Gasteiger partial charge in [-0.3, -0.25) is 10.1 Å². The van der Waals surface area contributed by atoms with Crippen molar-refractivity contribution in [2.75, 3.05) is 5.32 Å². The van der Waals surface area contributed by atoms with Gasteiger partial charge in [0.05, 0.1) is 0 Å². The molecule has 0 bridgehead atoms. The summed E-state index contributed by atoms with van der Waals surface area (Å²) < 4.78 is 38.7. The van der Waals surface area contributed by atoms with Crippen LogP contribution < -0.4 is 5.32 Å². The Bertz CT molecular complexity index is 485. The predicted molar refractivity (Wildman–Crippen MR) is 58.0 cm³/mol. The molecule has 1 heterocycles. The van der Waals surface area contributed by atoms with Crippen molar-refractivity contribution in [2.24, 2.45) is 0 Å². The van der Waals surface area contributed by atoms with E-state index in [1.54, 1.807) is 0 Å². The first-order valence-corrected chi connectivity index (χ1v) is 5.62. The Kier molecular flexibility index (Phi) is 3.23. The standard InChI is InChI=1S/C11H12F3N3O/c1-6(18)15-10-16-8-5-3-2-4-7(8)9(17-10)11(12,13)14/h2-5H2,1H3,(H,15,16,17,18). The molecule has 0 atom stereocenters. The van der Waals surface area contributed by atoms with Crippen LogP contribution in [0.3, 0.4) is 0 Å². The zero-order valence-electron chi connectivity index (χ0n) is 9.76. The van der Waals surface area contributed by atoms with E-state index in [9.17, 15) is 18.0 Å². The fourth-order valence-corrected chi connectivity index (χ4v) is 2.04. The summed E-state index contributed by atoms with van der Waals surface area (Å²) >= 11 is 0. The van der Waals surface area contributed by atoms with E-state index in [4.69, 9.17) is 0 Å². The maximum atomic E-state index is 12.9. The van der Waals surface area contributed by atoms with Gasteiger partial charge in [-0.25, -0.2) is 9.97 Å². The number of rotatable bonds is 1. The van der Waals surface area contributed by atoms with E-state index in [1.165, 1.54) is 6.92 Å². The van der Waals surface area contributed by atoms with E-state index in [0.29, 0.717) is 25.0 Å². The SMILES string of the molecule is CC(=O)Nc1nc2c(c(C(F)(F)F)n1)CCCC2. The second-order valence-corrected chi connectivity index (χ2v) is 4.21. The molecule has 1 aliphatic rings. The topological polar surface area (TPSA) is 54.9 Å². The van der Waals surface area contributed by atoms with Gasteiger partial charge in [-0.05, 0) is 25.7 Å². The van der Waals surface area contributed by atoms with Crippen LogP contribution in [0, 0.1) is 0 Å². The molecule has 7 heteroatoms. The Morgan fingerprint density at radius 1 is 1.22 bits per heavy atom. The molecule has 0 aliphatic heterocycles. The Balaban J connectivity index is 2.51. The first-order valence-electron chi connectivity index (χ1n) is 5.62. The second kappa shape index (κ2) is 4.55. The number of carbonyl (C=O) groups excluding carboxylic acids is 1. The number of amides is 1. The van der Waals surface area contributed by atoms with Crippen LogP contribution in [0.5, 0.6) is 0 Å². The van der Waals surface area contributed by atoms with Crippen LogP contribution in [0.15, 0.2) is 0 Å². The molecule has 18 heavy (non-hydrogen) atoms. The molecular formula is C11H12F3N3O. The minimum atomic E-state index is -4.52. The second-order valence-electron chi connectivity index (χ2n) is 4.21. The van der Waals surface area contributed by atoms with Crippen molar-refractivity contribution in [2.45, 2.75) is 38.8 Å². The molecule has 0 unspecified atom stereocenters. The molecule has 1 N–H and O–H groups in total. The van der Waals surface area contributed by atoms with Crippen molar-refractivity contribution in [3.05, 3.63) is 17.0 Å².